The second-order valence-electron chi connectivity index (χ2n) is 10.3. The maximum atomic E-state index is 12.2. The molecule has 5 aromatic rings. The maximum Gasteiger partial charge on any atom is 0.347 e. The third-order valence-corrected chi connectivity index (χ3v) is 8.24. The smallest absolute Gasteiger partial charge is 0.347 e. The van der Waals surface area contributed by atoms with E-state index in [-0.39, 0.29) is 36.4 Å². The van der Waals surface area contributed by atoms with Gasteiger partial charge in [0.05, 0.1) is 19.8 Å². The standard InChI is InChI=1S/C15H19NO4S.C13H13NO3S.C12H10O/c1-4-19-14(17)13(15(18)20-5-2)10-16-11-6-8-12(21-3)9-7-11;1-3-17-13(16)10-7-14-11-5-4-8(18-2)6-9(11)12(10)15;1-3-7-11(8-4-1)13-12-9-5-2-6-10-12/h6-10,16H,4-5H2,1-3H3;4-7H,3H2,1-2H3,(H,14,15);1-10H. The number of para-hydroxylation sites is 2. The molecule has 1 aromatic heterocycles. The topological polar surface area (TPSA) is 133 Å². The second-order valence-corrected chi connectivity index (χ2v) is 12.0. The first-order valence-corrected chi connectivity index (χ1v) is 18.8. The molecule has 2 N–H and O–H groups in total. The molecule has 0 aliphatic heterocycles. The van der Waals surface area contributed by atoms with E-state index in [4.69, 9.17) is 18.9 Å². The normalized spacial score (nSPS) is 9.94. The summed E-state index contributed by atoms with van der Waals surface area (Å²) in [6.07, 6.45) is 6.64. The average Bonchev–Trinajstić information content (AvgIpc) is 3.17. The van der Waals surface area contributed by atoms with Crippen molar-refractivity contribution in [3.63, 3.8) is 0 Å². The van der Waals surface area contributed by atoms with Crippen LogP contribution in [0.5, 0.6) is 11.5 Å². The molecule has 0 spiro atoms. The van der Waals surface area contributed by atoms with E-state index < -0.39 is 17.9 Å². The first-order chi connectivity index (χ1) is 25.2. The van der Waals surface area contributed by atoms with Crippen molar-refractivity contribution in [2.45, 2.75) is 30.6 Å². The number of carbonyl (C=O) groups excluding carboxylic acids is 3. The molecule has 0 aliphatic carbocycles. The third-order valence-electron chi connectivity index (χ3n) is 6.77. The number of thioether (sulfide) groups is 2. The Kier molecular flexibility index (Phi) is 17.6. The van der Waals surface area contributed by atoms with Gasteiger partial charge in [0.1, 0.15) is 17.1 Å². The summed E-state index contributed by atoms with van der Waals surface area (Å²) in [6, 6.07) is 32.6. The summed E-state index contributed by atoms with van der Waals surface area (Å²) < 4.78 is 20.1. The van der Waals surface area contributed by atoms with E-state index in [1.165, 1.54) is 12.4 Å². The fraction of sp³-hybridized carbons (Fsp3) is 0.200. The zero-order valence-electron chi connectivity index (χ0n) is 29.7. The van der Waals surface area contributed by atoms with Crippen molar-refractivity contribution in [1.82, 2.24) is 4.98 Å². The second kappa shape index (κ2) is 22.4. The van der Waals surface area contributed by atoms with Crippen LogP contribution in [-0.2, 0) is 23.8 Å². The Labute approximate surface area is 311 Å². The number of anilines is 1. The number of H-pyrrole nitrogens is 1. The number of carbonyl (C=O) groups is 3. The molecule has 52 heavy (non-hydrogen) atoms. The van der Waals surface area contributed by atoms with Gasteiger partial charge in [0.15, 0.2) is 5.57 Å². The predicted octanol–water partition coefficient (Wildman–Crippen LogP) is 8.74. The van der Waals surface area contributed by atoms with Gasteiger partial charge in [-0.3, -0.25) is 4.79 Å². The Morgan fingerprint density at radius 2 is 1.21 bits per heavy atom. The van der Waals surface area contributed by atoms with Crippen molar-refractivity contribution in [3.8, 4) is 11.5 Å². The SMILES string of the molecule is CCOC(=O)C(=CNc1ccc(SC)cc1)C(=O)OCC.CCOC(=O)c1c[nH]c2ccc(SC)cc2c1=O.c1ccc(Oc2ccccc2)cc1. The Bertz CT molecular complexity index is 1910. The fourth-order valence-corrected chi connectivity index (χ4v) is 5.11. The summed E-state index contributed by atoms with van der Waals surface area (Å²) in [5.41, 5.74) is 1.07. The quantitative estimate of drug-likeness (QED) is 0.0318. The average molecular weight is 743 g/mol. The fourth-order valence-electron chi connectivity index (χ4n) is 4.26. The Hall–Kier alpha value is -5.46. The van der Waals surface area contributed by atoms with Crippen LogP contribution in [0, 0.1) is 0 Å². The Morgan fingerprint density at radius 1 is 0.692 bits per heavy atom. The molecule has 10 nitrogen and oxygen atoms in total. The van der Waals surface area contributed by atoms with Gasteiger partial charge in [-0.2, -0.15) is 0 Å². The molecule has 0 saturated heterocycles. The summed E-state index contributed by atoms with van der Waals surface area (Å²) in [5.74, 6) is -0.258. The Balaban J connectivity index is 0.000000215. The van der Waals surface area contributed by atoms with Crippen LogP contribution in [0.2, 0.25) is 0 Å². The lowest BCUT2D eigenvalue weighted by Crippen LogP contribution is -2.19. The highest BCUT2D eigenvalue weighted by molar-refractivity contribution is 7.98. The van der Waals surface area contributed by atoms with Crippen LogP contribution >= 0.6 is 23.5 Å². The van der Waals surface area contributed by atoms with E-state index in [9.17, 15) is 19.2 Å². The van der Waals surface area contributed by atoms with E-state index in [1.54, 1.807) is 50.4 Å². The number of nitrogens with one attached hydrogen (secondary N) is 2. The minimum Gasteiger partial charge on any atom is -0.462 e. The highest BCUT2D eigenvalue weighted by atomic mass is 32.2. The van der Waals surface area contributed by atoms with Gasteiger partial charge in [-0.05, 0) is 100 Å². The monoisotopic (exact) mass is 742 g/mol. The van der Waals surface area contributed by atoms with Gasteiger partial charge in [0.2, 0.25) is 5.43 Å². The van der Waals surface area contributed by atoms with Crippen molar-refractivity contribution in [2.75, 3.05) is 37.6 Å². The van der Waals surface area contributed by atoms with Gasteiger partial charge in [-0.1, -0.05) is 36.4 Å². The number of aromatic amines is 1. The van der Waals surface area contributed by atoms with E-state index in [0.717, 1.165) is 27.0 Å². The summed E-state index contributed by atoms with van der Waals surface area (Å²) >= 11 is 3.18. The van der Waals surface area contributed by atoms with Gasteiger partial charge in [0.25, 0.3) is 0 Å². The van der Waals surface area contributed by atoms with Crippen molar-refractivity contribution < 1.29 is 33.3 Å². The van der Waals surface area contributed by atoms with Crippen LogP contribution in [0.15, 0.2) is 136 Å². The molecule has 0 amide bonds. The first kappa shape index (κ1) is 41.0. The van der Waals surface area contributed by atoms with Crippen LogP contribution in [0.3, 0.4) is 0 Å². The van der Waals surface area contributed by atoms with E-state index in [1.807, 2.05) is 110 Å². The molecular weight excluding hydrogens is 701 g/mol. The number of hydrogen-bond acceptors (Lipinski definition) is 11. The lowest BCUT2D eigenvalue weighted by molar-refractivity contribution is -0.146. The van der Waals surface area contributed by atoms with Gasteiger partial charge < -0.3 is 29.2 Å². The molecule has 5 rings (SSSR count). The van der Waals surface area contributed by atoms with E-state index >= 15 is 0 Å². The van der Waals surface area contributed by atoms with Crippen LogP contribution in [0.1, 0.15) is 31.1 Å². The lowest BCUT2D eigenvalue weighted by Gasteiger charge is -2.08. The molecule has 0 fully saturated rings. The molecule has 0 aliphatic rings. The summed E-state index contributed by atoms with van der Waals surface area (Å²) in [7, 11) is 0. The minimum absolute atomic E-state index is 0.0441. The summed E-state index contributed by atoms with van der Waals surface area (Å²) in [4.78, 5) is 52.3. The maximum absolute atomic E-state index is 12.2. The van der Waals surface area contributed by atoms with Gasteiger partial charge >= 0.3 is 17.9 Å². The van der Waals surface area contributed by atoms with Crippen LogP contribution in [0.25, 0.3) is 10.9 Å². The van der Waals surface area contributed by atoms with Gasteiger partial charge in [-0.15, -0.1) is 23.5 Å². The molecule has 0 atom stereocenters. The molecule has 0 radical (unpaired) electrons. The number of hydrogen-bond donors (Lipinski definition) is 2. The summed E-state index contributed by atoms with van der Waals surface area (Å²) in [6.45, 7) is 5.70. The van der Waals surface area contributed by atoms with Crippen LogP contribution in [0.4, 0.5) is 5.69 Å². The van der Waals surface area contributed by atoms with Crippen LogP contribution in [-0.4, -0.2) is 55.2 Å². The zero-order chi connectivity index (χ0) is 37.7. The van der Waals surface area contributed by atoms with Crippen molar-refractivity contribution in [3.05, 3.63) is 137 Å². The number of ether oxygens (including phenoxy) is 4. The number of fused-ring (bicyclic) bond motifs is 1. The third kappa shape index (κ3) is 13.0. The largest absolute Gasteiger partial charge is 0.462 e. The molecular formula is C40H42N2O8S2. The van der Waals surface area contributed by atoms with Gasteiger partial charge in [0, 0.05) is 38.8 Å². The molecule has 12 heteroatoms. The van der Waals surface area contributed by atoms with Crippen molar-refractivity contribution >= 4 is 58.0 Å². The predicted molar refractivity (Wildman–Crippen MR) is 208 cm³/mol. The number of aromatic nitrogens is 1. The van der Waals surface area contributed by atoms with E-state index in [2.05, 4.69) is 10.3 Å². The number of pyridine rings is 1. The highest BCUT2D eigenvalue weighted by Gasteiger charge is 2.21. The van der Waals surface area contributed by atoms with E-state index in [0.29, 0.717) is 10.9 Å². The Morgan fingerprint density at radius 3 is 1.71 bits per heavy atom. The molecule has 272 valence electrons. The number of benzene rings is 4. The van der Waals surface area contributed by atoms with Crippen molar-refractivity contribution in [2.24, 2.45) is 0 Å². The minimum atomic E-state index is -0.704. The molecule has 0 saturated carbocycles. The lowest BCUT2D eigenvalue weighted by atomic mass is 10.1. The molecule has 0 unspecified atom stereocenters. The molecule has 4 aromatic carbocycles. The molecule has 0 bridgehead atoms. The molecule has 1 heterocycles. The van der Waals surface area contributed by atoms with Gasteiger partial charge in [-0.25, -0.2) is 14.4 Å². The zero-order valence-corrected chi connectivity index (χ0v) is 31.3. The number of rotatable bonds is 12. The highest BCUT2D eigenvalue weighted by Crippen LogP contribution is 2.21. The van der Waals surface area contributed by atoms with Crippen LogP contribution < -0.4 is 15.5 Å². The summed E-state index contributed by atoms with van der Waals surface area (Å²) in [5, 5.41) is 3.41. The first-order valence-electron chi connectivity index (χ1n) is 16.3. The number of esters is 3. The van der Waals surface area contributed by atoms with Crippen molar-refractivity contribution in [1.29, 1.82) is 0 Å².